The summed E-state index contributed by atoms with van der Waals surface area (Å²) in [5, 5.41) is 3.68. The fourth-order valence-electron chi connectivity index (χ4n) is 4.30. The van der Waals surface area contributed by atoms with Crippen molar-refractivity contribution < 1.29 is 4.74 Å². The molecule has 0 aromatic carbocycles. The summed E-state index contributed by atoms with van der Waals surface area (Å²) in [7, 11) is 1.79. The summed E-state index contributed by atoms with van der Waals surface area (Å²) in [6, 6.07) is 0. The first-order valence-corrected chi connectivity index (χ1v) is 9.00. The van der Waals surface area contributed by atoms with Crippen LogP contribution >= 0.6 is 0 Å². The third-order valence-corrected chi connectivity index (χ3v) is 6.00. The Morgan fingerprint density at radius 3 is 2.45 bits per heavy atom. The molecule has 2 heteroatoms. The second kappa shape index (κ2) is 8.38. The molecule has 0 aromatic heterocycles. The SMILES string of the molecule is CCCCC1CCC(CNCCOC)(C2CCC2)CC1. The Morgan fingerprint density at radius 1 is 1.15 bits per heavy atom. The van der Waals surface area contributed by atoms with Crippen LogP contribution in [0.15, 0.2) is 0 Å². The fourth-order valence-corrected chi connectivity index (χ4v) is 4.30. The summed E-state index contributed by atoms with van der Waals surface area (Å²) in [5.74, 6) is 2.05. The smallest absolute Gasteiger partial charge is 0.0587 e. The number of methoxy groups -OCH3 is 1. The van der Waals surface area contributed by atoms with Gasteiger partial charge in [-0.3, -0.25) is 0 Å². The van der Waals surface area contributed by atoms with E-state index in [9.17, 15) is 0 Å². The molecule has 0 aromatic rings. The molecule has 2 rings (SSSR count). The van der Waals surface area contributed by atoms with Gasteiger partial charge in [-0.15, -0.1) is 0 Å². The standard InChI is InChI=1S/C18H35NO/c1-3-4-6-16-9-11-18(12-10-16,17-7-5-8-17)15-19-13-14-20-2/h16-17,19H,3-15H2,1-2H3. The van der Waals surface area contributed by atoms with E-state index in [0.29, 0.717) is 5.41 Å². The van der Waals surface area contributed by atoms with Crippen molar-refractivity contribution in [2.24, 2.45) is 17.3 Å². The highest BCUT2D eigenvalue weighted by atomic mass is 16.5. The highest BCUT2D eigenvalue weighted by Crippen LogP contribution is 2.52. The van der Waals surface area contributed by atoms with Gasteiger partial charge in [0.05, 0.1) is 6.61 Å². The molecule has 118 valence electrons. The molecule has 1 N–H and O–H groups in total. The van der Waals surface area contributed by atoms with E-state index in [1.54, 1.807) is 7.11 Å². The molecule has 2 aliphatic rings. The highest BCUT2D eigenvalue weighted by Gasteiger charge is 2.43. The maximum absolute atomic E-state index is 5.16. The lowest BCUT2D eigenvalue weighted by Crippen LogP contribution is -2.46. The normalized spacial score (nSPS) is 31.2. The van der Waals surface area contributed by atoms with E-state index in [-0.39, 0.29) is 0 Å². The molecule has 0 aliphatic heterocycles. The Labute approximate surface area is 126 Å². The molecule has 0 unspecified atom stereocenters. The Kier molecular flexibility index (Phi) is 6.83. The summed E-state index contributed by atoms with van der Waals surface area (Å²) in [5.41, 5.74) is 0.634. The molecule has 0 heterocycles. The Balaban J connectivity index is 1.79. The van der Waals surface area contributed by atoms with Crippen molar-refractivity contribution >= 4 is 0 Å². The van der Waals surface area contributed by atoms with Crippen molar-refractivity contribution in [3.63, 3.8) is 0 Å². The van der Waals surface area contributed by atoms with Crippen LogP contribution in [0.25, 0.3) is 0 Å². The number of unbranched alkanes of at least 4 members (excludes halogenated alkanes) is 1. The molecule has 0 spiro atoms. The molecule has 2 fully saturated rings. The maximum Gasteiger partial charge on any atom is 0.0587 e. The van der Waals surface area contributed by atoms with Crippen LogP contribution in [0.1, 0.15) is 71.1 Å². The molecule has 2 saturated carbocycles. The van der Waals surface area contributed by atoms with Crippen LogP contribution in [0, 0.1) is 17.3 Å². The monoisotopic (exact) mass is 281 g/mol. The quantitative estimate of drug-likeness (QED) is 0.633. The first kappa shape index (κ1) is 16.3. The maximum atomic E-state index is 5.16. The number of hydrogen-bond acceptors (Lipinski definition) is 2. The summed E-state index contributed by atoms with van der Waals surface area (Å²) in [4.78, 5) is 0. The summed E-state index contributed by atoms with van der Waals surface area (Å²) >= 11 is 0. The van der Waals surface area contributed by atoms with Gasteiger partial charge in [-0.2, -0.15) is 0 Å². The topological polar surface area (TPSA) is 21.3 Å². The van der Waals surface area contributed by atoms with Crippen molar-refractivity contribution in [1.82, 2.24) is 5.32 Å². The Morgan fingerprint density at radius 2 is 1.90 bits per heavy atom. The summed E-state index contributed by atoms with van der Waals surface area (Å²) in [6.07, 6.45) is 14.7. The molecule has 0 radical (unpaired) electrons. The minimum absolute atomic E-state index is 0.634. The lowest BCUT2D eigenvalue weighted by molar-refractivity contribution is 0.0224. The lowest BCUT2D eigenvalue weighted by atomic mass is 9.57. The second-order valence-corrected chi connectivity index (χ2v) is 7.25. The van der Waals surface area contributed by atoms with Gasteiger partial charge in [-0.1, -0.05) is 32.6 Å². The van der Waals surface area contributed by atoms with Gasteiger partial charge in [0.25, 0.3) is 0 Å². The van der Waals surface area contributed by atoms with E-state index >= 15 is 0 Å². The van der Waals surface area contributed by atoms with Crippen LogP contribution in [0.2, 0.25) is 0 Å². The van der Waals surface area contributed by atoms with Crippen LogP contribution in [0.4, 0.5) is 0 Å². The Bertz CT molecular complexity index is 254. The first-order chi connectivity index (χ1) is 9.80. The van der Waals surface area contributed by atoms with E-state index in [4.69, 9.17) is 4.74 Å². The van der Waals surface area contributed by atoms with Gasteiger partial charge in [0.1, 0.15) is 0 Å². The number of nitrogens with one attached hydrogen (secondary N) is 1. The molecule has 2 nitrogen and oxygen atoms in total. The van der Waals surface area contributed by atoms with Crippen LogP contribution in [0.3, 0.4) is 0 Å². The van der Waals surface area contributed by atoms with E-state index in [2.05, 4.69) is 12.2 Å². The molecule has 0 amide bonds. The van der Waals surface area contributed by atoms with Crippen molar-refractivity contribution in [1.29, 1.82) is 0 Å². The average Bonchev–Trinajstić information content (AvgIpc) is 2.41. The lowest BCUT2D eigenvalue weighted by Gasteiger charge is -2.50. The van der Waals surface area contributed by atoms with Gasteiger partial charge in [-0.05, 0) is 55.8 Å². The highest BCUT2D eigenvalue weighted by molar-refractivity contribution is 4.95. The minimum atomic E-state index is 0.634. The number of hydrogen-bond donors (Lipinski definition) is 1. The predicted octanol–water partition coefficient (Wildman–Crippen LogP) is 4.39. The third kappa shape index (κ3) is 4.21. The average molecular weight is 281 g/mol. The van der Waals surface area contributed by atoms with Crippen LogP contribution in [-0.4, -0.2) is 26.8 Å². The van der Waals surface area contributed by atoms with Crippen LogP contribution in [-0.2, 0) is 4.74 Å². The van der Waals surface area contributed by atoms with Crippen LogP contribution in [0.5, 0.6) is 0 Å². The molecule has 0 saturated heterocycles. The van der Waals surface area contributed by atoms with E-state index < -0.39 is 0 Å². The van der Waals surface area contributed by atoms with Crippen molar-refractivity contribution in [3.8, 4) is 0 Å². The molecular formula is C18H35NO. The van der Waals surface area contributed by atoms with Crippen LogP contribution < -0.4 is 5.32 Å². The zero-order valence-corrected chi connectivity index (χ0v) is 13.8. The largest absolute Gasteiger partial charge is 0.383 e. The predicted molar refractivity (Wildman–Crippen MR) is 86.0 cm³/mol. The zero-order valence-electron chi connectivity index (χ0n) is 13.8. The summed E-state index contributed by atoms with van der Waals surface area (Å²) in [6.45, 7) is 5.42. The van der Waals surface area contributed by atoms with Crippen molar-refractivity contribution in [3.05, 3.63) is 0 Å². The van der Waals surface area contributed by atoms with Gasteiger partial charge in [0, 0.05) is 20.2 Å². The molecule has 0 atom stereocenters. The molecule has 0 bridgehead atoms. The minimum Gasteiger partial charge on any atom is -0.383 e. The molecule has 20 heavy (non-hydrogen) atoms. The van der Waals surface area contributed by atoms with Gasteiger partial charge >= 0.3 is 0 Å². The van der Waals surface area contributed by atoms with Crippen molar-refractivity contribution in [2.45, 2.75) is 71.1 Å². The van der Waals surface area contributed by atoms with Gasteiger partial charge in [0.15, 0.2) is 0 Å². The van der Waals surface area contributed by atoms with Gasteiger partial charge in [0.2, 0.25) is 0 Å². The summed E-state index contributed by atoms with van der Waals surface area (Å²) < 4.78 is 5.16. The van der Waals surface area contributed by atoms with Gasteiger partial charge < -0.3 is 10.1 Å². The third-order valence-electron chi connectivity index (χ3n) is 6.00. The van der Waals surface area contributed by atoms with E-state index in [1.165, 1.54) is 70.8 Å². The molecular weight excluding hydrogens is 246 g/mol. The second-order valence-electron chi connectivity index (χ2n) is 7.25. The zero-order chi connectivity index (χ0) is 14.3. The fraction of sp³-hybridized carbons (Fsp3) is 1.00. The van der Waals surface area contributed by atoms with Gasteiger partial charge in [-0.25, -0.2) is 0 Å². The van der Waals surface area contributed by atoms with E-state index in [0.717, 1.165) is 25.0 Å². The van der Waals surface area contributed by atoms with Crippen molar-refractivity contribution in [2.75, 3.05) is 26.8 Å². The number of ether oxygens (including phenoxy) is 1. The Hall–Kier alpha value is -0.0800. The van der Waals surface area contributed by atoms with E-state index in [1.807, 2.05) is 0 Å². The first-order valence-electron chi connectivity index (χ1n) is 9.00. The number of rotatable bonds is 9. The molecule has 2 aliphatic carbocycles.